The first kappa shape index (κ1) is 15.6. The van der Waals surface area contributed by atoms with Crippen molar-refractivity contribution in [2.24, 2.45) is 4.99 Å². The minimum atomic E-state index is -0.444. The molecule has 0 saturated heterocycles. The fourth-order valence-corrected chi connectivity index (χ4v) is 2.59. The lowest BCUT2D eigenvalue weighted by atomic mass is 10.1. The number of non-ortho nitro benzene ring substituents is 2. The molecule has 0 aliphatic carbocycles. The van der Waals surface area contributed by atoms with Crippen molar-refractivity contribution in [2.45, 2.75) is 6.42 Å². The molecule has 0 bridgehead atoms. The van der Waals surface area contributed by atoms with Crippen LogP contribution in [0, 0.1) is 20.2 Å². The van der Waals surface area contributed by atoms with E-state index >= 15 is 0 Å². The molecule has 0 radical (unpaired) electrons. The highest BCUT2D eigenvalue weighted by Gasteiger charge is 2.20. The summed E-state index contributed by atoms with van der Waals surface area (Å²) in [5.74, 6) is 0.713. The van der Waals surface area contributed by atoms with Crippen LogP contribution in [0.15, 0.2) is 53.5 Å². The number of rotatable bonds is 4. The minimum Gasteiger partial charge on any atom is -0.326 e. The van der Waals surface area contributed by atoms with Crippen molar-refractivity contribution in [1.29, 1.82) is 0 Å². The van der Waals surface area contributed by atoms with E-state index in [2.05, 4.69) is 4.99 Å². The van der Waals surface area contributed by atoms with Crippen LogP contribution >= 0.6 is 0 Å². The number of nitrogens with zero attached hydrogens (tertiary/aromatic N) is 4. The Kier molecular flexibility index (Phi) is 4.19. The maximum Gasteiger partial charge on any atom is 0.269 e. The molecular formula is C16H14N4O4. The van der Waals surface area contributed by atoms with Crippen molar-refractivity contribution < 1.29 is 9.85 Å². The molecule has 1 heterocycles. The average molecular weight is 326 g/mol. The first-order valence-electron chi connectivity index (χ1n) is 7.37. The fraction of sp³-hybridized carbons (Fsp3) is 0.188. The Morgan fingerprint density at radius 2 is 1.42 bits per heavy atom. The summed E-state index contributed by atoms with van der Waals surface area (Å²) in [6, 6.07) is 12.5. The van der Waals surface area contributed by atoms with E-state index in [1.807, 2.05) is 4.90 Å². The Morgan fingerprint density at radius 3 is 1.96 bits per heavy atom. The van der Waals surface area contributed by atoms with E-state index < -0.39 is 9.85 Å². The van der Waals surface area contributed by atoms with Gasteiger partial charge in [-0.1, -0.05) is 0 Å². The Morgan fingerprint density at radius 1 is 0.875 bits per heavy atom. The molecule has 0 aromatic heterocycles. The van der Waals surface area contributed by atoms with E-state index in [-0.39, 0.29) is 11.4 Å². The first-order valence-corrected chi connectivity index (χ1v) is 7.37. The van der Waals surface area contributed by atoms with Gasteiger partial charge in [0.2, 0.25) is 0 Å². The quantitative estimate of drug-likeness (QED) is 0.634. The molecule has 0 saturated carbocycles. The van der Waals surface area contributed by atoms with Crippen LogP contribution in [0.4, 0.5) is 17.1 Å². The smallest absolute Gasteiger partial charge is 0.269 e. The molecule has 2 aromatic carbocycles. The number of aliphatic imine (C=N–C) groups is 1. The van der Waals surface area contributed by atoms with Crippen molar-refractivity contribution in [3.63, 3.8) is 0 Å². The Labute approximate surface area is 137 Å². The van der Waals surface area contributed by atoms with Crippen LogP contribution in [0.3, 0.4) is 0 Å². The van der Waals surface area contributed by atoms with Gasteiger partial charge in [0.05, 0.1) is 9.85 Å². The van der Waals surface area contributed by atoms with Crippen LogP contribution in [-0.2, 0) is 0 Å². The van der Waals surface area contributed by atoms with Crippen LogP contribution in [0.1, 0.15) is 12.0 Å². The number of nitro benzene ring substituents is 2. The lowest BCUT2D eigenvalue weighted by Crippen LogP contribution is -2.36. The van der Waals surface area contributed by atoms with Gasteiger partial charge in [0.25, 0.3) is 11.4 Å². The van der Waals surface area contributed by atoms with Crippen molar-refractivity contribution in [1.82, 2.24) is 0 Å². The fourth-order valence-electron chi connectivity index (χ4n) is 2.59. The molecular weight excluding hydrogens is 312 g/mol. The molecule has 122 valence electrons. The normalized spacial score (nSPS) is 14.2. The molecule has 1 aliphatic heterocycles. The van der Waals surface area contributed by atoms with E-state index in [0.717, 1.165) is 24.2 Å². The summed E-state index contributed by atoms with van der Waals surface area (Å²) >= 11 is 0. The second kappa shape index (κ2) is 6.45. The van der Waals surface area contributed by atoms with Crippen LogP contribution in [0.2, 0.25) is 0 Å². The first-order chi connectivity index (χ1) is 11.6. The monoisotopic (exact) mass is 326 g/mol. The van der Waals surface area contributed by atoms with E-state index in [4.69, 9.17) is 0 Å². The number of amidine groups is 1. The minimum absolute atomic E-state index is 0.0250. The van der Waals surface area contributed by atoms with E-state index in [1.54, 1.807) is 24.3 Å². The summed E-state index contributed by atoms with van der Waals surface area (Å²) in [6.07, 6.45) is 0.869. The summed E-state index contributed by atoms with van der Waals surface area (Å²) < 4.78 is 0. The SMILES string of the molecule is O=[N+]([O-])c1ccc(C2=NCCCN2c2ccc([N+](=O)[O-])cc2)cc1. The van der Waals surface area contributed by atoms with Gasteiger partial charge in [0.1, 0.15) is 5.84 Å². The highest BCUT2D eigenvalue weighted by molar-refractivity contribution is 6.10. The highest BCUT2D eigenvalue weighted by atomic mass is 16.6. The van der Waals surface area contributed by atoms with E-state index in [1.165, 1.54) is 24.3 Å². The van der Waals surface area contributed by atoms with Gasteiger partial charge in [0.15, 0.2) is 0 Å². The van der Waals surface area contributed by atoms with Crippen molar-refractivity contribution in [3.05, 3.63) is 74.3 Å². The third kappa shape index (κ3) is 3.07. The standard InChI is InChI=1S/C16H14N4O4/c21-19(22)14-4-2-12(3-5-14)16-17-10-1-11-18(16)13-6-8-15(9-7-13)20(23)24/h2-9H,1,10-11H2. The lowest BCUT2D eigenvalue weighted by molar-refractivity contribution is -0.385. The molecule has 3 rings (SSSR count). The lowest BCUT2D eigenvalue weighted by Gasteiger charge is -2.29. The molecule has 0 amide bonds. The predicted molar refractivity (Wildman–Crippen MR) is 89.6 cm³/mol. The zero-order chi connectivity index (χ0) is 17.1. The Bertz CT molecular complexity index is 800. The molecule has 2 aromatic rings. The Balaban J connectivity index is 1.92. The Hall–Kier alpha value is -3.29. The number of benzene rings is 2. The van der Waals surface area contributed by atoms with Crippen LogP contribution in [-0.4, -0.2) is 28.8 Å². The molecule has 0 spiro atoms. The molecule has 24 heavy (non-hydrogen) atoms. The highest BCUT2D eigenvalue weighted by Crippen LogP contribution is 2.24. The molecule has 1 aliphatic rings. The zero-order valence-electron chi connectivity index (χ0n) is 12.7. The maximum atomic E-state index is 10.8. The number of anilines is 1. The number of nitro groups is 2. The maximum absolute atomic E-state index is 10.8. The van der Waals surface area contributed by atoms with Crippen LogP contribution < -0.4 is 4.90 Å². The summed E-state index contributed by atoms with van der Waals surface area (Å²) in [4.78, 5) is 27.2. The largest absolute Gasteiger partial charge is 0.326 e. The summed E-state index contributed by atoms with van der Waals surface area (Å²) in [6.45, 7) is 1.41. The molecule has 0 fully saturated rings. The van der Waals surface area contributed by atoms with Gasteiger partial charge in [-0.2, -0.15) is 0 Å². The van der Waals surface area contributed by atoms with Gasteiger partial charge in [-0.15, -0.1) is 0 Å². The number of hydrogen-bond donors (Lipinski definition) is 0. The van der Waals surface area contributed by atoms with Gasteiger partial charge in [-0.05, 0) is 30.7 Å². The third-order valence-electron chi connectivity index (χ3n) is 3.77. The zero-order valence-corrected chi connectivity index (χ0v) is 12.7. The molecule has 8 nitrogen and oxygen atoms in total. The second-order valence-corrected chi connectivity index (χ2v) is 5.29. The van der Waals surface area contributed by atoms with E-state index in [0.29, 0.717) is 12.4 Å². The summed E-state index contributed by atoms with van der Waals surface area (Å²) in [5.41, 5.74) is 1.64. The van der Waals surface area contributed by atoms with Crippen LogP contribution in [0.5, 0.6) is 0 Å². The topological polar surface area (TPSA) is 102 Å². The van der Waals surface area contributed by atoms with Gasteiger partial charge < -0.3 is 4.90 Å². The van der Waals surface area contributed by atoms with Gasteiger partial charge in [-0.3, -0.25) is 25.2 Å². The average Bonchev–Trinajstić information content (AvgIpc) is 2.62. The summed E-state index contributed by atoms with van der Waals surface area (Å²) in [5, 5.41) is 21.5. The van der Waals surface area contributed by atoms with E-state index in [9.17, 15) is 20.2 Å². The molecule has 8 heteroatoms. The summed E-state index contributed by atoms with van der Waals surface area (Å²) in [7, 11) is 0. The second-order valence-electron chi connectivity index (χ2n) is 5.29. The number of hydrogen-bond acceptors (Lipinski definition) is 6. The van der Waals surface area contributed by atoms with Crippen molar-refractivity contribution >= 4 is 22.9 Å². The van der Waals surface area contributed by atoms with Crippen LogP contribution in [0.25, 0.3) is 0 Å². The van der Waals surface area contributed by atoms with Crippen molar-refractivity contribution in [3.8, 4) is 0 Å². The van der Waals surface area contributed by atoms with Gasteiger partial charge in [-0.25, -0.2) is 0 Å². The molecule has 0 unspecified atom stereocenters. The van der Waals surface area contributed by atoms with Crippen molar-refractivity contribution in [2.75, 3.05) is 18.0 Å². The molecule has 0 atom stereocenters. The van der Waals surface area contributed by atoms with Gasteiger partial charge >= 0.3 is 0 Å². The molecule has 0 N–H and O–H groups in total. The predicted octanol–water partition coefficient (Wildman–Crippen LogP) is 3.16. The third-order valence-corrected chi connectivity index (χ3v) is 3.77. The van der Waals surface area contributed by atoms with Gasteiger partial charge in [0, 0.05) is 48.6 Å².